The molecule has 2 aliphatic rings. The van der Waals surface area contributed by atoms with Crippen molar-refractivity contribution in [1.82, 2.24) is 14.5 Å². The molecule has 2 fully saturated rings. The van der Waals surface area contributed by atoms with Crippen molar-refractivity contribution in [1.29, 1.82) is 0 Å². The van der Waals surface area contributed by atoms with Gasteiger partial charge >= 0.3 is 0 Å². The van der Waals surface area contributed by atoms with Crippen LogP contribution in [0.25, 0.3) is 5.69 Å². The van der Waals surface area contributed by atoms with Gasteiger partial charge in [-0.15, -0.1) is 0 Å². The van der Waals surface area contributed by atoms with Crippen LogP contribution in [0.2, 0.25) is 5.02 Å². The number of piperazine rings is 1. The van der Waals surface area contributed by atoms with Gasteiger partial charge in [-0.2, -0.15) is 0 Å². The van der Waals surface area contributed by atoms with Gasteiger partial charge in [0.05, 0.1) is 13.0 Å². The maximum absolute atomic E-state index is 13.2. The van der Waals surface area contributed by atoms with Crippen LogP contribution in [0, 0.1) is 5.92 Å². The summed E-state index contributed by atoms with van der Waals surface area (Å²) in [6.45, 7) is 2.94. The number of amides is 2. The first kappa shape index (κ1) is 22.3. The van der Waals surface area contributed by atoms with Gasteiger partial charge in [-0.1, -0.05) is 17.7 Å². The van der Waals surface area contributed by atoms with Crippen molar-refractivity contribution in [3.8, 4) is 11.4 Å². The Morgan fingerprint density at radius 2 is 1.82 bits per heavy atom. The highest BCUT2D eigenvalue weighted by Gasteiger charge is 2.38. The number of hydrogen-bond acceptors (Lipinski definition) is 5. The first-order valence-electron chi connectivity index (χ1n) is 11.3. The second kappa shape index (κ2) is 9.38. The highest BCUT2D eigenvalue weighted by Crippen LogP contribution is 2.29. The monoisotopic (exact) mass is 479 g/mol. The Bertz CT molecular complexity index is 1190. The molecule has 2 aromatic carbocycles. The number of halogens is 1. The second-order valence-electron chi connectivity index (χ2n) is 8.49. The summed E-state index contributed by atoms with van der Waals surface area (Å²) in [7, 11) is 1.61. The lowest BCUT2D eigenvalue weighted by Crippen LogP contribution is -2.51. The van der Waals surface area contributed by atoms with Gasteiger partial charge in [0.2, 0.25) is 17.8 Å². The van der Waals surface area contributed by atoms with Crippen LogP contribution in [0.15, 0.2) is 60.9 Å². The fraction of sp³-hybridized carbons (Fsp3) is 0.320. The third-order valence-electron chi connectivity index (χ3n) is 6.44. The molecule has 1 aromatic heterocycles. The second-order valence-corrected chi connectivity index (χ2v) is 8.93. The number of carbonyl (C=O) groups excluding carboxylic acids is 2. The summed E-state index contributed by atoms with van der Waals surface area (Å²) in [6, 6.07) is 15.0. The van der Waals surface area contributed by atoms with Crippen LogP contribution >= 0.6 is 11.6 Å². The van der Waals surface area contributed by atoms with Crippen LogP contribution in [-0.2, 0) is 9.59 Å². The van der Waals surface area contributed by atoms with E-state index in [1.807, 2.05) is 64.2 Å². The van der Waals surface area contributed by atoms with Crippen LogP contribution in [0.5, 0.6) is 5.75 Å². The molecule has 9 heteroatoms. The zero-order chi connectivity index (χ0) is 23.7. The Kier molecular flexibility index (Phi) is 6.15. The molecule has 2 amide bonds. The molecule has 176 valence electrons. The van der Waals surface area contributed by atoms with Crippen LogP contribution in [-0.4, -0.2) is 66.1 Å². The minimum absolute atomic E-state index is 0.0225. The van der Waals surface area contributed by atoms with Crippen LogP contribution in [0.1, 0.15) is 6.42 Å². The van der Waals surface area contributed by atoms with Crippen molar-refractivity contribution >= 4 is 35.1 Å². The van der Waals surface area contributed by atoms with Crippen molar-refractivity contribution in [2.45, 2.75) is 6.42 Å². The van der Waals surface area contributed by atoms with E-state index < -0.39 is 0 Å². The van der Waals surface area contributed by atoms with E-state index in [0.717, 1.165) is 23.1 Å². The highest BCUT2D eigenvalue weighted by molar-refractivity contribution is 6.30. The molecule has 0 spiro atoms. The molecule has 0 N–H and O–H groups in total. The van der Waals surface area contributed by atoms with Gasteiger partial charge in [-0.25, -0.2) is 4.98 Å². The minimum Gasteiger partial charge on any atom is -0.497 e. The molecular formula is C25H26ClN5O3. The zero-order valence-corrected chi connectivity index (χ0v) is 19.7. The van der Waals surface area contributed by atoms with Crippen LogP contribution in [0.3, 0.4) is 0 Å². The van der Waals surface area contributed by atoms with Gasteiger partial charge < -0.3 is 19.4 Å². The smallest absolute Gasteiger partial charge is 0.228 e. The third-order valence-corrected chi connectivity index (χ3v) is 6.68. The van der Waals surface area contributed by atoms with E-state index in [2.05, 4.69) is 9.88 Å². The molecule has 3 heterocycles. The molecule has 8 nitrogen and oxygen atoms in total. The number of imidazole rings is 1. The summed E-state index contributed by atoms with van der Waals surface area (Å²) in [5.74, 6) is 1.26. The van der Waals surface area contributed by atoms with Crippen molar-refractivity contribution < 1.29 is 14.3 Å². The number of methoxy groups -OCH3 is 1. The molecule has 3 aromatic rings. The molecular weight excluding hydrogens is 454 g/mol. The Balaban J connectivity index is 1.21. The van der Waals surface area contributed by atoms with Gasteiger partial charge in [-0.05, 0) is 42.5 Å². The van der Waals surface area contributed by atoms with E-state index >= 15 is 0 Å². The quantitative estimate of drug-likeness (QED) is 0.562. The van der Waals surface area contributed by atoms with E-state index in [0.29, 0.717) is 37.7 Å². The molecule has 0 aliphatic carbocycles. The lowest BCUT2D eigenvalue weighted by molar-refractivity contribution is -0.136. The summed E-state index contributed by atoms with van der Waals surface area (Å²) < 4.78 is 7.20. The molecule has 5 rings (SSSR count). The van der Waals surface area contributed by atoms with Crippen LogP contribution in [0.4, 0.5) is 11.6 Å². The maximum atomic E-state index is 13.2. The van der Waals surface area contributed by atoms with Gasteiger partial charge in [0.15, 0.2) is 0 Å². The zero-order valence-electron chi connectivity index (χ0n) is 18.9. The molecule has 0 radical (unpaired) electrons. The molecule has 2 aliphatic heterocycles. The van der Waals surface area contributed by atoms with Crippen molar-refractivity contribution in [2.75, 3.05) is 49.6 Å². The standard InChI is InChI=1S/C25H26ClN5O3/c1-34-22-7-5-20(6-8-22)31-17-18(15-23(31)32)24(33)28-11-13-29(14-12-28)25-27-9-10-30(25)21-4-2-3-19(26)16-21/h2-10,16,18H,11-15,17H2,1H3. The van der Waals surface area contributed by atoms with Crippen LogP contribution < -0.4 is 14.5 Å². The van der Waals surface area contributed by atoms with E-state index in [1.165, 1.54) is 0 Å². The average Bonchev–Trinajstić information content (AvgIpc) is 3.51. The van der Waals surface area contributed by atoms with Gasteiger partial charge in [0, 0.05) is 67.9 Å². The number of aromatic nitrogens is 2. The van der Waals surface area contributed by atoms with Crippen molar-refractivity contribution in [2.24, 2.45) is 5.92 Å². The predicted molar refractivity (Wildman–Crippen MR) is 131 cm³/mol. The SMILES string of the molecule is COc1ccc(N2CC(C(=O)N3CCN(c4nccn4-c4cccc(Cl)c4)CC3)CC2=O)cc1. The van der Waals surface area contributed by atoms with E-state index in [9.17, 15) is 9.59 Å². The number of nitrogens with zero attached hydrogens (tertiary/aromatic N) is 5. The first-order chi connectivity index (χ1) is 16.5. The summed E-state index contributed by atoms with van der Waals surface area (Å²) >= 11 is 6.16. The topological polar surface area (TPSA) is 70.9 Å². The Morgan fingerprint density at radius 1 is 1.06 bits per heavy atom. The number of hydrogen-bond donors (Lipinski definition) is 0. The number of benzene rings is 2. The summed E-state index contributed by atoms with van der Waals surface area (Å²) in [6.07, 6.45) is 3.92. The largest absolute Gasteiger partial charge is 0.497 e. The summed E-state index contributed by atoms with van der Waals surface area (Å²) in [4.78, 5) is 36.1. The lowest BCUT2D eigenvalue weighted by Gasteiger charge is -2.36. The molecule has 34 heavy (non-hydrogen) atoms. The van der Waals surface area contributed by atoms with Gasteiger partial charge in [0.1, 0.15) is 5.75 Å². The Morgan fingerprint density at radius 3 is 2.53 bits per heavy atom. The normalized spacial score (nSPS) is 18.5. The number of carbonyl (C=O) groups is 2. The van der Waals surface area contributed by atoms with E-state index in [-0.39, 0.29) is 24.2 Å². The highest BCUT2D eigenvalue weighted by atomic mass is 35.5. The molecule has 0 bridgehead atoms. The van der Waals surface area contributed by atoms with E-state index in [4.69, 9.17) is 16.3 Å². The molecule has 1 unspecified atom stereocenters. The fourth-order valence-electron chi connectivity index (χ4n) is 4.63. The molecule has 1 atom stereocenters. The number of rotatable bonds is 5. The fourth-order valence-corrected chi connectivity index (χ4v) is 4.81. The number of anilines is 2. The Labute approximate surface area is 203 Å². The lowest BCUT2D eigenvalue weighted by atomic mass is 10.1. The van der Waals surface area contributed by atoms with Gasteiger partial charge in [0.25, 0.3) is 0 Å². The minimum atomic E-state index is -0.324. The maximum Gasteiger partial charge on any atom is 0.228 e. The van der Waals surface area contributed by atoms with Gasteiger partial charge in [-0.3, -0.25) is 14.2 Å². The first-order valence-corrected chi connectivity index (χ1v) is 11.7. The summed E-state index contributed by atoms with van der Waals surface area (Å²) in [5, 5.41) is 0.669. The number of ether oxygens (including phenoxy) is 1. The van der Waals surface area contributed by atoms with Crippen molar-refractivity contribution in [3.05, 3.63) is 65.9 Å². The predicted octanol–water partition coefficient (Wildman–Crippen LogP) is 3.24. The Hall–Kier alpha value is -3.52. The van der Waals surface area contributed by atoms with E-state index in [1.54, 1.807) is 18.2 Å². The molecule has 0 saturated carbocycles. The summed E-state index contributed by atoms with van der Waals surface area (Å²) in [5.41, 5.74) is 1.74. The molecule has 2 saturated heterocycles. The third kappa shape index (κ3) is 4.33. The van der Waals surface area contributed by atoms with Crippen molar-refractivity contribution in [3.63, 3.8) is 0 Å². The average molecular weight is 480 g/mol.